The molecule has 0 aliphatic carbocycles. The first-order valence-electron chi connectivity index (χ1n) is 9.49. The van der Waals surface area contributed by atoms with Gasteiger partial charge in [-0.25, -0.2) is 4.79 Å². The van der Waals surface area contributed by atoms with Crippen LogP contribution in [0.25, 0.3) is 0 Å². The number of alkyl carbamates (subject to hydrolysis) is 1. The smallest absolute Gasteiger partial charge is 0.407 e. The second kappa shape index (κ2) is 12.0. The second-order valence-electron chi connectivity index (χ2n) is 7.32. The average Bonchev–Trinajstić information content (AvgIpc) is 2.62. The monoisotopic (exact) mass is 377 g/mol. The largest absolute Gasteiger partial charge is 0.444 e. The van der Waals surface area contributed by atoms with E-state index in [2.05, 4.69) is 57.2 Å². The maximum Gasteiger partial charge on any atom is 0.407 e. The molecule has 0 aliphatic rings. The molecule has 0 aromatic heterocycles. The van der Waals surface area contributed by atoms with E-state index in [1.165, 1.54) is 5.69 Å². The molecule has 0 fully saturated rings. The number of ether oxygens (including phenoxy) is 1. The first-order valence-corrected chi connectivity index (χ1v) is 9.49. The van der Waals surface area contributed by atoms with Crippen molar-refractivity contribution < 1.29 is 9.53 Å². The predicted molar refractivity (Wildman–Crippen MR) is 113 cm³/mol. The van der Waals surface area contributed by atoms with Crippen molar-refractivity contribution in [2.75, 3.05) is 45.2 Å². The van der Waals surface area contributed by atoms with Gasteiger partial charge in [0.1, 0.15) is 5.60 Å². The molecule has 0 heterocycles. The summed E-state index contributed by atoms with van der Waals surface area (Å²) in [5.74, 6) is 0.734. The number of rotatable bonds is 9. The van der Waals surface area contributed by atoms with Crippen LogP contribution in [0.5, 0.6) is 0 Å². The molecule has 0 aliphatic heterocycles. The normalized spacial score (nSPS) is 11.7. The van der Waals surface area contributed by atoms with Crippen LogP contribution < -0.4 is 20.9 Å². The summed E-state index contributed by atoms with van der Waals surface area (Å²) in [7, 11) is 3.85. The number of guanidine groups is 1. The van der Waals surface area contributed by atoms with E-state index in [0.717, 1.165) is 31.9 Å². The summed E-state index contributed by atoms with van der Waals surface area (Å²) in [6, 6.07) is 10.4. The Kier molecular flexibility index (Phi) is 10.1. The van der Waals surface area contributed by atoms with Crippen LogP contribution in [0.2, 0.25) is 0 Å². The number of carbonyl (C=O) groups excluding carboxylic acids is 1. The summed E-state index contributed by atoms with van der Waals surface area (Å²) in [5.41, 5.74) is 0.754. The van der Waals surface area contributed by atoms with Crippen LogP contribution in [-0.2, 0) is 4.74 Å². The molecule has 7 nitrogen and oxygen atoms in total. The van der Waals surface area contributed by atoms with E-state index < -0.39 is 11.7 Å². The fourth-order valence-electron chi connectivity index (χ4n) is 2.37. The number of nitrogens with one attached hydrogen (secondary N) is 3. The van der Waals surface area contributed by atoms with Crippen molar-refractivity contribution in [3.63, 3.8) is 0 Å². The van der Waals surface area contributed by atoms with Gasteiger partial charge < -0.3 is 25.6 Å². The Morgan fingerprint density at radius 3 is 2.30 bits per heavy atom. The number of aliphatic imine (C=N–C) groups is 1. The summed E-state index contributed by atoms with van der Waals surface area (Å²) >= 11 is 0. The van der Waals surface area contributed by atoms with E-state index in [9.17, 15) is 4.79 Å². The van der Waals surface area contributed by atoms with Crippen LogP contribution in [0.15, 0.2) is 35.3 Å². The third-order valence-corrected chi connectivity index (χ3v) is 3.72. The molecule has 0 saturated heterocycles. The highest BCUT2D eigenvalue weighted by molar-refractivity contribution is 5.79. The van der Waals surface area contributed by atoms with Crippen molar-refractivity contribution >= 4 is 17.7 Å². The average molecular weight is 378 g/mol. The van der Waals surface area contributed by atoms with Gasteiger partial charge in [0, 0.05) is 46.0 Å². The van der Waals surface area contributed by atoms with Gasteiger partial charge in [-0.05, 0) is 45.7 Å². The second-order valence-corrected chi connectivity index (χ2v) is 7.32. The SMILES string of the molecule is CN=C(NCCCCN(C)c1ccccc1)NCCNC(=O)OC(C)(C)C. The van der Waals surface area contributed by atoms with Gasteiger partial charge in [-0.1, -0.05) is 18.2 Å². The van der Waals surface area contributed by atoms with E-state index in [1.807, 2.05) is 26.8 Å². The standard InChI is InChI=1S/C20H35N5O2/c1-20(2,3)27-19(26)24-15-14-23-18(21-4)22-13-9-10-16-25(5)17-11-7-6-8-12-17/h6-8,11-12H,9-10,13-16H2,1-5H3,(H,24,26)(H2,21,22,23). The van der Waals surface area contributed by atoms with Gasteiger partial charge in [0.2, 0.25) is 0 Å². The third-order valence-electron chi connectivity index (χ3n) is 3.72. The van der Waals surface area contributed by atoms with Crippen molar-refractivity contribution in [1.29, 1.82) is 0 Å². The van der Waals surface area contributed by atoms with Crippen molar-refractivity contribution in [2.24, 2.45) is 4.99 Å². The topological polar surface area (TPSA) is 78.0 Å². The van der Waals surface area contributed by atoms with Crippen LogP contribution in [0.1, 0.15) is 33.6 Å². The maximum absolute atomic E-state index is 11.6. The Bertz CT molecular complexity index is 569. The Morgan fingerprint density at radius 2 is 1.67 bits per heavy atom. The lowest BCUT2D eigenvalue weighted by molar-refractivity contribution is 0.0529. The molecule has 1 rings (SSSR count). The van der Waals surface area contributed by atoms with Gasteiger partial charge in [-0.15, -0.1) is 0 Å². The van der Waals surface area contributed by atoms with E-state index in [1.54, 1.807) is 7.05 Å². The highest BCUT2D eigenvalue weighted by Crippen LogP contribution is 2.11. The highest BCUT2D eigenvalue weighted by atomic mass is 16.6. The molecule has 0 bridgehead atoms. The molecule has 1 amide bonds. The molecule has 27 heavy (non-hydrogen) atoms. The fourth-order valence-corrected chi connectivity index (χ4v) is 2.37. The van der Waals surface area contributed by atoms with Crippen LogP contribution in [0.4, 0.5) is 10.5 Å². The molecule has 0 atom stereocenters. The first kappa shape index (κ1) is 22.6. The first-order chi connectivity index (χ1) is 12.8. The zero-order valence-electron chi connectivity index (χ0n) is 17.3. The van der Waals surface area contributed by atoms with Crippen molar-refractivity contribution in [2.45, 2.75) is 39.2 Å². The lowest BCUT2D eigenvalue weighted by atomic mass is 10.2. The van der Waals surface area contributed by atoms with Crippen LogP contribution in [0, 0.1) is 0 Å². The van der Waals surface area contributed by atoms with Crippen molar-refractivity contribution in [3.8, 4) is 0 Å². The third kappa shape index (κ3) is 11.0. The number of amides is 1. The molecule has 1 aromatic carbocycles. The number of benzene rings is 1. The van der Waals surface area contributed by atoms with Gasteiger partial charge in [-0.2, -0.15) is 0 Å². The quantitative estimate of drug-likeness (QED) is 0.350. The van der Waals surface area contributed by atoms with Crippen LogP contribution in [0.3, 0.4) is 0 Å². The molecule has 0 radical (unpaired) electrons. The van der Waals surface area contributed by atoms with E-state index in [4.69, 9.17) is 4.74 Å². The summed E-state index contributed by atoms with van der Waals surface area (Å²) in [4.78, 5) is 18.0. The molecular formula is C20H35N5O2. The maximum atomic E-state index is 11.6. The number of unbranched alkanes of at least 4 members (excludes halogenated alkanes) is 1. The zero-order chi connectivity index (χ0) is 20.1. The molecule has 0 unspecified atom stereocenters. The Balaban J connectivity index is 2.10. The minimum absolute atomic E-state index is 0.408. The van der Waals surface area contributed by atoms with E-state index >= 15 is 0 Å². The minimum atomic E-state index is -0.482. The summed E-state index contributed by atoms with van der Waals surface area (Å²) in [6.45, 7) is 8.43. The van der Waals surface area contributed by atoms with Gasteiger partial charge in [0.25, 0.3) is 0 Å². The molecule has 0 spiro atoms. The molecular weight excluding hydrogens is 342 g/mol. The summed E-state index contributed by atoms with van der Waals surface area (Å²) in [5, 5.41) is 9.17. The minimum Gasteiger partial charge on any atom is -0.444 e. The molecule has 0 saturated carbocycles. The van der Waals surface area contributed by atoms with Crippen LogP contribution in [-0.4, -0.2) is 57.9 Å². The number of hydrogen-bond acceptors (Lipinski definition) is 4. The van der Waals surface area contributed by atoms with Gasteiger partial charge in [0.15, 0.2) is 5.96 Å². The molecule has 7 heteroatoms. The number of anilines is 1. The Labute approximate surface area is 163 Å². The van der Waals surface area contributed by atoms with Crippen LogP contribution >= 0.6 is 0 Å². The molecule has 1 aromatic rings. The zero-order valence-corrected chi connectivity index (χ0v) is 17.3. The van der Waals surface area contributed by atoms with E-state index in [0.29, 0.717) is 13.1 Å². The Morgan fingerprint density at radius 1 is 1.04 bits per heavy atom. The van der Waals surface area contributed by atoms with Crippen molar-refractivity contribution in [3.05, 3.63) is 30.3 Å². The number of hydrogen-bond donors (Lipinski definition) is 3. The van der Waals surface area contributed by atoms with Gasteiger partial charge >= 0.3 is 6.09 Å². The van der Waals surface area contributed by atoms with Gasteiger partial charge in [0.05, 0.1) is 0 Å². The van der Waals surface area contributed by atoms with Crippen molar-refractivity contribution in [1.82, 2.24) is 16.0 Å². The summed E-state index contributed by atoms with van der Waals surface area (Å²) in [6.07, 6.45) is 1.73. The molecule has 152 valence electrons. The summed E-state index contributed by atoms with van der Waals surface area (Å²) < 4.78 is 5.19. The number of nitrogens with zero attached hydrogens (tertiary/aromatic N) is 2. The predicted octanol–water partition coefficient (Wildman–Crippen LogP) is 2.59. The lowest BCUT2D eigenvalue weighted by Crippen LogP contribution is -2.42. The lowest BCUT2D eigenvalue weighted by Gasteiger charge is -2.20. The number of carbonyl (C=O) groups is 1. The molecule has 3 N–H and O–H groups in total. The highest BCUT2D eigenvalue weighted by Gasteiger charge is 2.15. The number of para-hydroxylation sites is 1. The Hall–Kier alpha value is -2.44. The van der Waals surface area contributed by atoms with E-state index in [-0.39, 0.29) is 0 Å². The van der Waals surface area contributed by atoms with Gasteiger partial charge in [-0.3, -0.25) is 4.99 Å². The fraction of sp³-hybridized carbons (Fsp3) is 0.600.